The third-order valence-corrected chi connectivity index (χ3v) is 13.3. The van der Waals surface area contributed by atoms with E-state index in [9.17, 15) is 19.8 Å². The first-order chi connectivity index (χ1) is 30.5. The normalized spacial score (nSPS) is 16.1. The average Bonchev–Trinajstić information content (AvgIpc) is 3.14. The molecule has 0 amide bonds. The van der Waals surface area contributed by atoms with Gasteiger partial charge in [0.25, 0.3) is 0 Å². The number of rotatable bonds is 4. The van der Waals surface area contributed by atoms with Gasteiger partial charge in [-0.05, 0) is 126 Å². The Morgan fingerprint density at radius 2 is 0.618 bits per heavy atom. The van der Waals surface area contributed by atoms with Gasteiger partial charge in [-0.1, -0.05) is 172 Å². The van der Waals surface area contributed by atoms with Crippen LogP contribution in [0.1, 0.15) is 211 Å². The topological polar surface area (TPSA) is 86.8 Å². The second-order valence-corrected chi connectivity index (χ2v) is 27.8. The molecular weight excluding hydrogens is 835 g/mol. The molecule has 1 heterocycles. The van der Waals surface area contributed by atoms with Crippen LogP contribution in [-0.2, 0) is 41.5 Å². The van der Waals surface area contributed by atoms with Gasteiger partial charge in [0.1, 0.15) is 0 Å². The van der Waals surface area contributed by atoms with Crippen molar-refractivity contribution in [2.75, 3.05) is 0 Å². The molecule has 0 unspecified atom stereocenters. The number of Topliss-reactive ketones (excluding diaryl/α,β-unsaturated/α-hetero) is 2. The Hall–Kier alpha value is -5.03. The van der Waals surface area contributed by atoms with Gasteiger partial charge in [0.05, 0.1) is 5.69 Å². The molecule has 2 aliphatic carbocycles. The quantitative estimate of drug-likeness (QED) is 0.261. The number of carbonyl (C=O) groups is 2. The van der Waals surface area contributed by atoms with Crippen LogP contribution in [0.4, 0.5) is 0 Å². The van der Waals surface area contributed by atoms with Crippen molar-refractivity contribution >= 4 is 22.7 Å². The van der Waals surface area contributed by atoms with Gasteiger partial charge >= 0.3 is 0 Å². The van der Waals surface area contributed by atoms with Crippen molar-refractivity contribution in [2.24, 2.45) is 21.7 Å². The first kappa shape index (κ1) is 53.9. The van der Waals surface area contributed by atoms with Gasteiger partial charge in [0, 0.05) is 61.9 Å². The van der Waals surface area contributed by atoms with Gasteiger partial charge in [0.2, 0.25) is 0 Å². The lowest BCUT2D eigenvalue weighted by atomic mass is 9.70. The number of aromatic nitrogens is 1. The fourth-order valence-electron chi connectivity index (χ4n) is 9.20. The lowest BCUT2D eigenvalue weighted by Gasteiger charge is -2.33. The first-order valence-corrected chi connectivity index (χ1v) is 24.6. The Labute approximate surface area is 411 Å². The minimum absolute atomic E-state index is 0.0398. The minimum atomic E-state index is -0.458. The summed E-state index contributed by atoms with van der Waals surface area (Å²) in [6.45, 7) is 50.0. The van der Waals surface area contributed by atoms with Crippen molar-refractivity contribution in [1.82, 2.24) is 4.98 Å². The smallest absolute Gasteiger partial charge is 0.186 e. The molecule has 5 nitrogen and oxygen atoms in total. The summed E-state index contributed by atoms with van der Waals surface area (Å²) in [7, 11) is 0. The van der Waals surface area contributed by atoms with Gasteiger partial charge in [-0.2, -0.15) is 0 Å². The zero-order chi connectivity index (χ0) is 52.0. The van der Waals surface area contributed by atoms with Gasteiger partial charge in [-0.25, -0.2) is 0 Å². The molecule has 2 radical (unpaired) electrons. The highest BCUT2D eigenvalue weighted by Gasteiger charge is 2.38. The van der Waals surface area contributed by atoms with Crippen molar-refractivity contribution in [3.8, 4) is 11.5 Å². The Balaban J connectivity index is 2.04. The van der Waals surface area contributed by atoms with E-state index in [-0.39, 0.29) is 23.1 Å². The highest BCUT2D eigenvalue weighted by molar-refractivity contribution is 6.13. The van der Waals surface area contributed by atoms with Crippen LogP contribution in [0.25, 0.3) is 11.1 Å². The number of ketones is 2. The minimum Gasteiger partial charge on any atom is -0.289 e. The molecular formula is C63H83NO4. The fraction of sp³-hybridized carbons (Fsp3) is 0.508. The Morgan fingerprint density at radius 1 is 0.353 bits per heavy atom. The molecule has 364 valence electrons. The molecule has 0 atom stereocenters. The Bertz CT molecular complexity index is 2400. The summed E-state index contributed by atoms with van der Waals surface area (Å²) >= 11 is 0. The highest BCUT2D eigenvalue weighted by atomic mass is 16.3. The molecule has 5 rings (SSSR count). The number of carbonyl (C=O) groups excluding carboxylic acids is 2. The average molecular weight is 918 g/mol. The molecule has 2 aromatic carbocycles. The van der Waals surface area contributed by atoms with Crippen LogP contribution in [0.2, 0.25) is 0 Å². The predicted molar refractivity (Wildman–Crippen MR) is 284 cm³/mol. The lowest BCUT2D eigenvalue weighted by Crippen LogP contribution is -2.28. The van der Waals surface area contributed by atoms with Crippen molar-refractivity contribution in [3.63, 3.8) is 0 Å². The van der Waals surface area contributed by atoms with Gasteiger partial charge in [-0.3, -0.25) is 24.8 Å². The van der Waals surface area contributed by atoms with Crippen LogP contribution in [0, 0.1) is 21.7 Å². The first-order valence-electron chi connectivity index (χ1n) is 24.6. The molecule has 3 aromatic rings. The predicted octanol–water partition coefficient (Wildman–Crippen LogP) is 17.2. The van der Waals surface area contributed by atoms with Crippen LogP contribution in [0.3, 0.4) is 0 Å². The van der Waals surface area contributed by atoms with Crippen LogP contribution in [0.15, 0.2) is 100 Å². The number of benzene rings is 2. The summed E-state index contributed by atoms with van der Waals surface area (Å²) in [5.74, 6) is 0.169. The number of pyridine rings is 1. The van der Waals surface area contributed by atoms with Crippen molar-refractivity contribution < 1.29 is 19.8 Å². The number of allylic oxidation sites excluding steroid dienone is 10. The van der Waals surface area contributed by atoms with Crippen molar-refractivity contribution in [2.45, 2.75) is 188 Å². The maximum Gasteiger partial charge on any atom is 0.186 e. The van der Waals surface area contributed by atoms with Gasteiger partial charge in [-0.15, -0.1) is 0 Å². The van der Waals surface area contributed by atoms with E-state index < -0.39 is 43.3 Å². The monoisotopic (exact) mass is 918 g/mol. The second-order valence-electron chi connectivity index (χ2n) is 27.8. The number of nitrogens with zero attached hydrogens (tertiary/aromatic N) is 1. The molecule has 68 heavy (non-hydrogen) atoms. The summed E-state index contributed by atoms with van der Waals surface area (Å²) in [4.78, 5) is 34.2. The van der Waals surface area contributed by atoms with Crippen molar-refractivity contribution in [1.29, 1.82) is 0 Å². The maximum absolute atomic E-state index is 14.4. The standard InChI is InChI=1S/C63H83NO4/c1-56(2,3)41-27-37(28-42(52(41)65)57(4,5)6)50(38-29-43(58(7,8)9)53(66)44(30-38)59(10,11)12)36-25-26-49(64-35-36)51(39-31-45(60(13,14)15)54(67)46(32-39)61(16,17)18)40-33-47(62(19,20)21)55(68)48(34-40)63(22,23)24/h25-35H,1-24H3. The van der Waals surface area contributed by atoms with Crippen LogP contribution >= 0.6 is 0 Å². The summed E-state index contributed by atoms with van der Waals surface area (Å²) in [5, 5.41) is 28.8. The molecule has 0 N–H and O–H groups in total. The van der Waals surface area contributed by atoms with E-state index >= 15 is 0 Å². The fourth-order valence-corrected chi connectivity index (χ4v) is 9.20. The molecule has 0 saturated heterocycles. The van der Waals surface area contributed by atoms with Crippen LogP contribution < -0.4 is 0 Å². The van der Waals surface area contributed by atoms with Crippen LogP contribution in [-0.4, -0.2) is 16.6 Å². The van der Waals surface area contributed by atoms with E-state index in [2.05, 4.69) is 203 Å². The third-order valence-electron chi connectivity index (χ3n) is 13.3. The van der Waals surface area contributed by atoms with E-state index in [0.29, 0.717) is 5.69 Å². The Morgan fingerprint density at radius 3 is 0.853 bits per heavy atom. The van der Waals surface area contributed by atoms with Crippen molar-refractivity contribution in [3.05, 3.63) is 145 Å². The van der Waals surface area contributed by atoms with Gasteiger partial charge < -0.3 is 0 Å². The molecule has 0 saturated carbocycles. The summed E-state index contributed by atoms with van der Waals surface area (Å²) in [6.07, 6.45) is 10.1. The van der Waals surface area contributed by atoms with Gasteiger partial charge in [0.15, 0.2) is 23.1 Å². The maximum atomic E-state index is 14.4. The number of hydrogen-bond donors (Lipinski definition) is 0. The molecule has 0 spiro atoms. The SMILES string of the molecule is CC(C)(C)C1=CC(=C(c2ccc(C(=C3C=C(C(C)(C)C)C(=O)C(C(C)(C)C)=C3)c3cc(C(C)(C)C)c([O])c(C(C)(C)C)c3)nc2)c2cc(C(C)(C)C)c([O])c(C(C)(C)C)c2)C=C(C(C)(C)C)C1=O. The van der Waals surface area contributed by atoms with E-state index in [0.717, 1.165) is 83.5 Å². The highest BCUT2D eigenvalue weighted by Crippen LogP contribution is 2.48. The number of hydrogen-bond acceptors (Lipinski definition) is 3. The van der Waals surface area contributed by atoms with E-state index in [1.54, 1.807) is 0 Å². The largest absolute Gasteiger partial charge is 0.289 e. The van der Waals surface area contributed by atoms with E-state index in [4.69, 9.17) is 4.98 Å². The molecule has 2 aliphatic rings. The zero-order valence-electron chi connectivity index (χ0n) is 46.4. The molecule has 5 heteroatoms. The summed E-state index contributed by atoms with van der Waals surface area (Å²) in [6, 6.07) is 12.3. The molecule has 0 fully saturated rings. The van der Waals surface area contributed by atoms with E-state index in [1.807, 2.05) is 30.5 Å². The van der Waals surface area contributed by atoms with E-state index in [1.165, 1.54) is 0 Å². The molecule has 1 aromatic heterocycles. The summed E-state index contributed by atoms with van der Waals surface area (Å²) in [5.41, 5.74) is 8.80. The second kappa shape index (κ2) is 17.4. The molecule has 0 bridgehead atoms. The molecule has 0 aliphatic heterocycles. The van der Waals surface area contributed by atoms with Crippen LogP contribution in [0.5, 0.6) is 11.5 Å². The summed E-state index contributed by atoms with van der Waals surface area (Å²) < 4.78 is 0. The lowest BCUT2D eigenvalue weighted by molar-refractivity contribution is -0.114. The Kier molecular flexibility index (Phi) is 13.8. The zero-order valence-corrected chi connectivity index (χ0v) is 46.4. The third kappa shape index (κ3) is 11.0.